The molecule has 1 aliphatic carbocycles. The number of likely N-dealkylation sites (tertiary alicyclic amines) is 1. The van der Waals surface area contributed by atoms with Crippen molar-refractivity contribution in [1.29, 1.82) is 0 Å². The summed E-state index contributed by atoms with van der Waals surface area (Å²) in [6, 6.07) is 0.654. The molecule has 0 spiro atoms. The van der Waals surface area contributed by atoms with E-state index in [1.165, 1.54) is 32.4 Å². The molecule has 0 bridgehead atoms. The van der Waals surface area contributed by atoms with Gasteiger partial charge in [0.2, 0.25) is 0 Å². The third-order valence-electron chi connectivity index (χ3n) is 4.61. The van der Waals surface area contributed by atoms with E-state index in [1.807, 2.05) is 0 Å². The lowest BCUT2D eigenvalue weighted by molar-refractivity contribution is 0.0512. The highest BCUT2D eigenvalue weighted by atomic mass is 127. The fourth-order valence-corrected chi connectivity index (χ4v) is 3.27. The maximum absolute atomic E-state index is 4.84. The summed E-state index contributed by atoms with van der Waals surface area (Å²) in [7, 11) is 0. The van der Waals surface area contributed by atoms with Crippen LogP contribution in [-0.4, -0.2) is 48.6 Å². The molecule has 4 nitrogen and oxygen atoms in total. The molecule has 5 heteroatoms. The van der Waals surface area contributed by atoms with Crippen LogP contribution in [0, 0.1) is 11.8 Å². The second-order valence-electron chi connectivity index (χ2n) is 7.78. The Balaban J connectivity index is 0.00000242. The van der Waals surface area contributed by atoms with Crippen LogP contribution in [-0.2, 0) is 0 Å². The van der Waals surface area contributed by atoms with Crippen LogP contribution in [0.4, 0.5) is 0 Å². The maximum atomic E-state index is 4.84. The highest BCUT2D eigenvalue weighted by molar-refractivity contribution is 14.0. The lowest BCUT2D eigenvalue weighted by atomic mass is 9.88. The molecule has 0 aromatic carbocycles. The van der Waals surface area contributed by atoms with E-state index >= 15 is 0 Å². The number of guanidine groups is 1. The molecule has 1 saturated heterocycles. The van der Waals surface area contributed by atoms with Crippen LogP contribution in [0.15, 0.2) is 4.99 Å². The summed E-state index contributed by atoms with van der Waals surface area (Å²) in [6.45, 7) is 15.7. The zero-order valence-electron chi connectivity index (χ0n) is 15.0. The molecule has 0 aromatic rings. The Bertz CT molecular complexity index is 356. The molecule has 22 heavy (non-hydrogen) atoms. The number of nitrogens with zero attached hydrogens (tertiary/aromatic N) is 2. The van der Waals surface area contributed by atoms with Crippen molar-refractivity contribution in [1.82, 2.24) is 15.5 Å². The van der Waals surface area contributed by atoms with Gasteiger partial charge in [0.05, 0.1) is 6.54 Å². The van der Waals surface area contributed by atoms with Crippen LogP contribution < -0.4 is 10.6 Å². The van der Waals surface area contributed by atoms with E-state index in [9.17, 15) is 0 Å². The van der Waals surface area contributed by atoms with Crippen LogP contribution in [0.5, 0.6) is 0 Å². The maximum Gasteiger partial charge on any atom is 0.191 e. The lowest BCUT2D eigenvalue weighted by Gasteiger charge is -2.44. The van der Waals surface area contributed by atoms with Gasteiger partial charge in [-0.1, -0.05) is 13.8 Å². The van der Waals surface area contributed by atoms with Crippen molar-refractivity contribution in [2.75, 3.05) is 26.2 Å². The Morgan fingerprint density at radius 2 is 1.77 bits per heavy atom. The standard InChI is InChI=1S/C17H34N4.HI/c1-6-18-16(20-15-7-8-15)19-12-17(4,5)21-10-13(2)9-14(3)11-21;/h13-15H,6-12H2,1-5H3,(H2,18,19,20);1H. The second-order valence-corrected chi connectivity index (χ2v) is 7.78. The van der Waals surface area contributed by atoms with Crippen molar-refractivity contribution in [2.45, 2.75) is 65.5 Å². The molecule has 0 amide bonds. The highest BCUT2D eigenvalue weighted by Crippen LogP contribution is 2.27. The minimum atomic E-state index is 0. The number of piperidine rings is 1. The van der Waals surface area contributed by atoms with Crippen LogP contribution >= 0.6 is 24.0 Å². The van der Waals surface area contributed by atoms with E-state index in [4.69, 9.17) is 4.99 Å². The molecular weight excluding hydrogens is 387 g/mol. The first-order chi connectivity index (χ1) is 9.90. The van der Waals surface area contributed by atoms with Crippen molar-refractivity contribution >= 4 is 29.9 Å². The van der Waals surface area contributed by atoms with E-state index in [-0.39, 0.29) is 29.5 Å². The number of hydrogen-bond acceptors (Lipinski definition) is 2. The van der Waals surface area contributed by atoms with Crippen molar-refractivity contribution in [3.8, 4) is 0 Å². The molecule has 2 fully saturated rings. The van der Waals surface area contributed by atoms with Crippen LogP contribution in [0.25, 0.3) is 0 Å². The first-order valence-corrected chi connectivity index (χ1v) is 8.70. The summed E-state index contributed by atoms with van der Waals surface area (Å²) >= 11 is 0. The Kier molecular flexibility index (Phi) is 7.92. The zero-order valence-corrected chi connectivity index (χ0v) is 17.3. The third kappa shape index (κ3) is 6.22. The average Bonchev–Trinajstić information content (AvgIpc) is 3.19. The minimum Gasteiger partial charge on any atom is -0.357 e. The number of hydrogen-bond donors (Lipinski definition) is 2. The molecule has 2 aliphatic rings. The van der Waals surface area contributed by atoms with Gasteiger partial charge in [0.25, 0.3) is 0 Å². The summed E-state index contributed by atoms with van der Waals surface area (Å²) in [6.07, 6.45) is 3.94. The second kappa shape index (κ2) is 8.71. The van der Waals surface area contributed by atoms with Gasteiger partial charge in [-0.15, -0.1) is 24.0 Å². The Morgan fingerprint density at radius 1 is 1.18 bits per heavy atom. The first-order valence-electron chi connectivity index (χ1n) is 8.70. The van der Waals surface area contributed by atoms with Gasteiger partial charge in [-0.05, 0) is 51.9 Å². The molecule has 1 aliphatic heterocycles. The normalized spacial score (nSPS) is 27.2. The molecule has 1 saturated carbocycles. The van der Waals surface area contributed by atoms with E-state index in [2.05, 4.69) is 50.2 Å². The zero-order chi connectivity index (χ0) is 15.5. The predicted octanol–water partition coefficient (Wildman–Crippen LogP) is 3.08. The van der Waals surface area contributed by atoms with Gasteiger partial charge in [-0.3, -0.25) is 9.89 Å². The van der Waals surface area contributed by atoms with Crippen molar-refractivity contribution < 1.29 is 0 Å². The lowest BCUT2D eigenvalue weighted by Crippen LogP contribution is -2.53. The minimum absolute atomic E-state index is 0. The molecule has 2 atom stereocenters. The van der Waals surface area contributed by atoms with E-state index < -0.39 is 0 Å². The number of nitrogens with one attached hydrogen (secondary N) is 2. The van der Waals surface area contributed by atoms with Gasteiger partial charge in [0, 0.05) is 31.2 Å². The van der Waals surface area contributed by atoms with Crippen molar-refractivity contribution in [3.05, 3.63) is 0 Å². The third-order valence-corrected chi connectivity index (χ3v) is 4.61. The molecule has 0 aromatic heterocycles. The number of halogens is 1. The Morgan fingerprint density at radius 3 is 2.27 bits per heavy atom. The van der Waals surface area contributed by atoms with Crippen LogP contribution in [0.2, 0.25) is 0 Å². The van der Waals surface area contributed by atoms with Gasteiger partial charge in [-0.2, -0.15) is 0 Å². The van der Waals surface area contributed by atoms with Gasteiger partial charge in [0.1, 0.15) is 0 Å². The van der Waals surface area contributed by atoms with Crippen LogP contribution in [0.1, 0.15) is 53.9 Å². The van der Waals surface area contributed by atoms with Gasteiger partial charge < -0.3 is 10.6 Å². The van der Waals surface area contributed by atoms with Gasteiger partial charge >= 0.3 is 0 Å². The molecular formula is C17H35IN4. The summed E-state index contributed by atoms with van der Waals surface area (Å²) in [5.74, 6) is 2.59. The van der Waals surface area contributed by atoms with Crippen LogP contribution in [0.3, 0.4) is 0 Å². The molecule has 1 heterocycles. The number of aliphatic imine (C=N–C) groups is 1. The SMILES string of the molecule is CCNC(=NCC(C)(C)N1CC(C)CC(C)C1)NC1CC1.I. The van der Waals surface area contributed by atoms with Crippen molar-refractivity contribution in [3.63, 3.8) is 0 Å². The highest BCUT2D eigenvalue weighted by Gasteiger charge is 2.32. The Labute approximate surface area is 153 Å². The monoisotopic (exact) mass is 422 g/mol. The fourth-order valence-electron chi connectivity index (χ4n) is 3.27. The number of rotatable bonds is 5. The van der Waals surface area contributed by atoms with Crippen molar-refractivity contribution in [2.24, 2.45) is 16.8 Å². The summed E-state index contributed by atoms with van der Waals surface area (Å²) < 4.78 is 0. The van der Waals surface area contributed by atoms with E-state index in [0.717, 1.165) is 30.9 Å². The average molecular weight is 422 g/mol. The molecule has 2 rings (SSSR count). The fraction of sp³-hybridized carbons (Fsp3) is 0.941. The largest absolute Gasteiger partial charge is 0.357 e. The van der Waals surface area contributed by atoms with E-state index in [1.54, 1.807) is 0 Å². The summed E-state index contributed by atoms with van der Waals surface area (Å²) in [4.78, 5) is 7.48. The molecule has 2 N–H and O–H groups in total. The molecule has 0 radical (unpaired) electrons. The smallest absolute Gasteiger partial charge is 0.191 e. The summed E-state index contributed by atoms with van der Waals surface area (Å²) in [5.41, 5.74) is 0.134. The topological polar surface area (TPSA) is 39.7 Å². The molecule has 2 unspecified atom stereocenters. The van der Waals surface area contributed by atoms with Gasteiger partial charge in [-0.25, -0.2) is 0 Å². The van der Waals surface area contributed by atoms with Gasteiger partial charge in [0.15, 0.2) is 5.96 Å². The first kappa shape index (κ1) is 20.0. The summed E-state index contributed by atoms with van der Waals surface area (Å²) in [5, 5.41) is 6.87. The van der Waals surface area contributed by atoms with E-state index in [0.29, 0.717) is 6.04 Å². The quantitative estimate of drug-likeness (QED) is 0.407. The Hall–Kier alpha value is -0.0400. The molecule has 130 valence electrons. The predicted molar refractivity (Wildman–Crippen MR) is 106 cm³/mol.